The minimum atomic E-state index is -1.04. The summed E-state index contributed by atoms with van der Waals surface area (Å²) in [6.07, 6.45) is 7.09. The number of oxazole rings is 1. The normalized spacial score (nSPS) is 19.4. The van der Waals surface area contributed by atoms with Gasteiger partial charge < -0.3 is 9.52 Å². The maximum Gasteiger partial charge on any atom is 0.357 e. The zero-order valence-electron chi connectivity index (χ0n) is 12.4. The molecule has 0 spiro atoms. The van der Waals surface area contributed by atoms with Crippen molar-refractivity contribution in [2.75, 3.05) is 6.54 Å². The summed E-state index contributed by atoms with van der Waals surface area (Å²) >= 11 is 1.81. The molecule has 1 saturated heterocycles. The fourth-order valence-corrected chi connectivity index (χ4v) is 3.74. The molecular weight excluding hydrogens is 300 g/mol. The Kier molecular flexibility index (Phi) is 4.90. The lowest BCUT2D eigenvalue weighted by atomic mass is 9.97. The first-order valence-electron chi connectivity index (χ1n) is 7.66. The summed E-state index contributed by atoms with van der Waals surface area (Å²) in [5.41, 5.74) is -0.0119. The Morgan fingerprint density at radius 2 is 2.41 bits per heavy atom. The lowest BCUT2D eigenvalue weighted by Crippen LogP contribution is -2.39. The minimum absolute atomic E-state index is 0.0119. The van der Waals surface area contributed by atoms with Crippen molar-refractivity contribution >= 4 is 17.3 Å². The molecule has 1 N–H and O–H groups in total. The van der Waals surface area contributed by atoms with Crippen LogP contribution in [0.1, 0.15) is 46.9 Å². The molecule has 0 aromatic carbocycles. The maximum absolute atomic E-state index is 10.9. The summed E-state index contributed by atoms with van der Waals surface area (Å²) in [5.74, 6) is -0.539. The van der Waals surface area contributed by atoms with Gasteiger partial charge in [0.1, 0.15) is 6.26 Å². The van der Waals surface area contributed by atoms with E-state index in [1.54, 1.807) is 0 Å². The zero-order chi connectivity index (χ0) is 15.4. The molecule has 2 aromatic rings. The Morgan fingerprint density at radius 1 is 1.50 bits per heavy atom. The third-order valence-electron chi connectivity index (χ3n) is 4.16. The smallest absolute Gasteiger partial charge is 0.357 e. The van der Waals surface area contributed by atoms with Crippen molar-refractivity contribution in [3.63, 3.8) is 0 Å². The molecule has 22 heavy (non-hydrogen) atoms. The van der Waals surface area contributed by atoms with E-state index in [1.807, 2.05) is 11.3 Å². The summed E-state index contributed by atoms with van der Waals surface area (Å²) in [7, 11) is 0. The Labute approximate surface area is 133 Å². The number of hydrogen-bond donors (Lipinski definition) is 1. The molecule has 0 saturated carbocycles. The van der Waals surface area contributed by atoms with Crippen molar-refractivity contribution in [3.8, 4) is 0 Å². The molecule has 1 aliphatic heterocycles. The fourth-order valence-electron chi connectivity index (χ4n) is 3.01. The number of carboxylic acids is 1. The zero-order valence-corrected chi connectivity index (χ0v) is 13.2. The number of piperidine rings is 1. The quantitative estimate of drug-likeness (QED) is 0.883. The van der Waals surface area contributed by atoms with Gasteiger partial charge in [-0.05, 0) is 43.7 Å². The SMILES string of the molecule is O=C(O)c1coc(CN2CCCCC2CCc2cccs2)n1. The number of nitrogens with zero attached hydrogens (tertiary/aromatic N) is 2. The standard InChI is InChI=1S/C16H20N2O3S/c19-16(20)14-11-21-15(17-14)10-18-8-2-1-4-12(18)6-7-13-5-3-9-22-13/h3,5,9,11-12H,1-2,4,6-8,10H2,(H,19,20). The summed E-state index contributed by atoms with van der Waals surface area (Å²) in [6.45, 7) is 1.63. The second-order valence-electron chi connectivity index (χ2n) is 5.67. The van der Waals surface area contributed by atoms with E-state index < -0.39 is 5.97 Å². The van der Waals surface area contributed by atoms with Crippen LogP contribution in [-0.2, 0) is 13.0 Å². The number of aromatic nitrogens is 1. The highest BCUT2D eigenvalue weighted by molar-refractivity contribution is 7.09. The predicted molar refractivity (Wildman–Crippen MR) is 84.2 cm³/mol. The van der Waals surface area contributed by atoms with Crippen LogP contribution in [0.4, 0.5) is 0 Å². The number of aromatic carboxylic acids is 1. The fraction of sp³-hybridized carbons (Fsp3) is 0.500. The monoisotopic (exact) mass is 320 g/mol. The highest BCUT2D eigenvalue weighted by atomic mass is 32.1. The summed E-state index contributed by atoms with van der Waals surface area (Å²) in [4.78, 5) is 18.7. The predicted octanol–water partition coefficient (Wildman–Crippen LogP) is 3.42. The van der Waals surface area contributed by atoms with Gasteiger partial charge in [-0.15, -0.1) is 11.3 Å². The molecule has 0 amide bonds. The molecule has 5 nitrogen and oxygen atoms in total. The third kappa shape index (κ3) is 3.75. The second kappa shape index (κ2) is 7.07. The largest absolute Gasteiger partial charge is 0.476 e. The number of carbonyl (C=O) groups is 1. The second-order valence-corrected chi connectivity index (χ2v) is 6.70. The van der Waals surface area contributed by atoms with Crippen molar-refractivity contribution in [1.29, 1.82) is 0 Å². The molecule has 1 aliphatic rings. The van der Waals surface area contributed by atoms with E-state index in [0.29, 0.717) is 18.5 Å². The van der Waals surface area contributed by atoms with Gasteiger partial charge in [-0.25, -0.2) is 9.78 Å². The van der Waals surface area contributed by atoms with Gasteiger partial charge in [-0.1, -0.05) is 12.5 Å². The lowest BCUT2D eigenvalue weighted by Gasteiger charge is -2.34. The van der Waals surface area contributed by atoms with Crippen molar-refractivity contribution < 1.29 is 14.3 Å². The Hall–Kier alpha value is -1.66. The van der Waals surface area contributed by atoms with Gasteiger partial charge in [0.05, 0.1) is 6.54 Å². The van der Waals surface area contributed by atoms with Crippen molar-refractivity contribution in [2.45, 2.75) is 44.7 Å². The van der Waals surface area contributed by atoms with E-state index in [9.17, 15) is 4.79 Å². The van der Waals surface area contributed by atoms with Gasteiger partial charge >= 0.3 is 5.97 Å². The van der Waals surface area contributed by atoms with E-state index in [2.05, 4.69) is 27.4 Å². The van der Waals surface area contributed by atoms with Gasteiger partial charge in [0.25, 0.3) is 0 Å². The molecule has 118 valence electrons. The van der Waals surface area contributed by atoms with Crippen molar-refractivity contribution in [3.05, 3.63) is 40.2 Å². The molecule has 0 bridgehead atoms. The molecule has 1 fully saturated rings. The van der Waals surface area contributed by atoms with Crippen LogP contribution in [0.15, 0.2) is 28.2 Å². The van der Waals surface area contributed by atoms with Crippen LogP contribution in [0.25, 0.3) is 0 Å². The first kappa shape index (κ1) is 15.2. The molecule has 3 heterocycles. The molecule has 1 atom stereocenters. The average Bonchev–Trinajstić information content (AvgIpc) is 3.17. The molecule has 3 rings (SSSR count). The van der Waals surface area contributed by atoms with E-state index in [0.717, 1.165) is 19.4 Å². The number of hydrogen-bond acceptors (Lipinski definition) is 5. The molecule has 2 aromatic heterocycles. The molecule has 0 aliphatic carbocycles. The number of thiophene rings is 1. The third-order valence-corrected chi connectivity index (χ3v) is 5.10. The maximum atomic E-state index is 10.9. The van der Waals surface area contributed by atoms with Gasteiger partial charge in [-0.2, -0.15) is 0 Å². The van der Waals surface area contributed by atoms with Crippen LogP contribution >= 0.6 is 11.3 Å². The Morgan fingerprint density at radius 3 is 3.14 bits per heavy atom. The minimum Gasteiger partial charge on any atom is -0.476 e. The first-order valence-corrected chi connectivity index (χ1v) is 8.54. The number of carboxylic acid groups (broad SMARTS) is 1. The van der Waals surface area contributed by atoms with E-state index in [-0.39, 0.29) is 5.69 Å². The number of likely N-dealkylation sites (tertiary alicyclic amines) is 1. The van der Waals surface area contributed by atoms with Gasteiger partial charge in [0, 0.05) is 10.9 Å². The van der Waals surface area contributed by atoms with Gasteiger partial charge in [0.15, 0.2) is 5.69 Å². The molecule has 0 radical (unpaired) electrons. The molecule has 6 heteroatoms. The number of aryl methyl sites for hydroxylation is 1. The summed E-state index contributed by atoms with van der Waals surface area (Å²) in [5, 5.41) is 11.0. The van der Waals surface area contributed by atoms with E-state index in [1.165, 1.54) is 30.4 Å². The van der Waals surface area contributed by atoms with Crippen molar-refractivity contribution in [1.82, 2.24) is 9.88 Å². The van der Waals surface area contributed by atoms with Crippen LogP contribution in [0, 0.1) is 0 Å². The van der Waals surface area contributed by atoms with E-state index in [4.69, 9.17) is 9.52 Å². The Balaban J connectivity index is 1.60. The highest BCUT2D eigenvalue weighted by Gasteiger charge is 2.24. The van der Waals surface area contributed by atoms with Crippen LogP contribution in [-0.4, -0.2) is 33.5 Å². The number of rotatable bonds is 6. The molecule has 1 unspecified atom stereocenters. The van der Waals surface area contributed by atoms with Crippen molar-refractivity contribution in [2.24, 2.45) is 0 Å². The van der Waals surface area contributed by atoms with Crippen LogP contribution in [0.3, 0.4) is 0 Å². The summed E-state index contributed by atoms with van der Waals surface area (Å²) < 4.78 is 5.30. The van der Waals surface area contributed by atoms with Crippen LogP contribution in [0.5, 0.6) is 0 Å². The Bertz CT molecular complexity index is 609. The molecular formula is C16H20N2O3S. The van der Waals surface area contributed by atoms with Crippen LogP contribution < -0.4 is 0 Å². The van der Waals surface area contributed by atoms with Gasteiger partial charge in [0.2, 0.25) is 5.89 Å². The topological polar surface area (TPSA) is 66.6 Å². The van der Waals surface area contributed by atoms with Gasteiger partial charge in [-0.3, -0.25) is 4.90 Å². The van der Waals surface area contributed by atoms with E-state index >= 15 is 0 Å². The van der Waals surface area contributed by atoms with Crippen LogP contribution in [0.2, 0.25) is 0 Å². The lowest BCUT2D eigenvalue weighted by molar-refractivity contribution is 0.0690. The first-order chi connectivity index (χ1) is 10.7. The summed E-state index contributed by atoms with van der Waals surface area (Å²) in [6, 6.07) is 4.81. The average molecular weight is 320 g/mol. The highest BCUT2D eigenvalue weighted by Crippen LogP contribution is 2.24.